The number of nitrogens with two attached hydrogens (primary N) is 2. The second-order valence-electron chi connectivity index (χ2n) is 8.92. The third-order valence-corrected chi connectivity index (χ3v) is 7.63. The number of rotatable bonds is 4. The number of hydrogen-bond acceptors (Lipinski definition) is 8. The summed E-state index contributed by atoms with van der Waals surface area (Å²) >= 11 is 1.39. The molecule has 4 aromatic rings. The lowest BCUT2D eigenvalue weighted by molar-refractivity contribution is 0.314. The maximum absolute atomic E-state index is 13.3. The molecular formula is C26H27N7O2S. The van der Waals surface area contributed by atoms with E-state index in [0.717, 1.165) is 47.9 Å². The van der Waals surface area contributed by atoms with Gasteiger partial charge in [0.15, 0.2) is 5.82 Å². The minimum absolute atomic E-state index is 0.0568. The number of fused-ring (bicyclic) bond motifs is 2. The van der Waals surface area contributed by atoms with Gasteiger partial charge in [-0.25, -0.2) is 4.98 Å². The van der Waals surface area contributed by atoms with E-state index in [9.17, 15) is 4.79 Å². The van der Waals surface area contributed by atoms with Crippen LogP contribution < -0.4 is 32.0 Å². The maximum Gasteiger partial charge on any atom is 0.298 e. The first-order chi connectivity index (χ1) is 17.6. The summed E-state index contributed by atoms with van der Waals surface area (Å²) in [6.45, 7) is 3.16. The Morgan fingerprint density at radius 3 is 2.72 bits per heavy atom. The summed E-state index contributed by atoms with van der Waals surface area (Å²) in [7, 11) is 0. The zero-order valence-corrected chi connectivity index (χ0v) is 20.5. The van der Waals surface area contributed by atoms with Crippen molar-refractivity contribution in [2.75, 3.05) is 36.9 Å². The summed E-state index contributed by atoms with van der Waals surface area (Å²) in [5.41, 5.74) is 15.4. The Bertz CT molecular complexity index is 1510. The van der Waals surface area contributed by atoms with Crippen LogP contribution in [0.5, 0.6) is 5.75 Å². The molecule has 0 amide bonds. The fourth-order valence-corrected chi connectivity index (χ4v) is 5.73. The number of nitrogens with zero attached hydrogens (tertiary/aromatic N) is 4. The highest BCUT2D eigenvalue weighted by Crippen LogP contribution is 2.38. The highest BCUT2D eigenvalue weighted by atomic mass is 32.1. The Morgan fingerprint density at radius 1 is 1.11 bits per heavy atom. The monoisotopic (exact) mass is 501 g/mol. The number of amidine groups is 1. The van der Waals surface area contributed by atoms with Crippen molar-refractivity contribution in [2.24, 2.45) is 10.7 Å². The predicted octanol–water partition coefficient (Wildman–Crippen LogP) is 3.02. The number of hydrogen-bond donors (Lipinski definition) is 3. The molecule has 5 N–H and O–H groups in total. The van der Waals surface area contributed by atoms with Gasteiger partial charge < -0.3 is 26.4 Å². The van der Waals surface area contributed by atoms with Crippen LogP contribution in [0.4, 0.5) is 17.2 Å². The van der Waals surface area contributed by atoms with Crippen LogP contribution in [-0.4, -0.2) is 47.7 Å². The molecule has 9 nitrogen and oxygen atoms in total. The summed E-state index contributed by atoms with van der Waals surface area (Å²) in [6.07, 6.45) is 1.91. The normalized spacial score (nSPS) is 16.7. The van der Waals surface area contributed by atoms with Gasteiger partial charge in [0.05, 0.1) is 34.4 Å². The van der Waals surface area contributed by atoms with Gasteiger partial charge in [0.25, 0.3) is 5.56 Å². The van der Waals surface area contributed by atoms with E-state index in [1.807, 2.05) is 42.5 Å². The zero-order chi connectivity index (χ0) is 24.6. The first-order valence-corrected chi connectivity index (χ1v) is 12.9. The second-order valence-corrected chi connectivity index (χ2v) is 9.95. The highest BCUT2D eigenvalue weighted by Gasteiger charge is 2.22. The maximum atomic E-state index is 13.3. The molecule has 4 heterocycles. The number of nitrogens with one attached hydrogen (secondary N) is 1. The number of piperidine rings is 1. The van der Waals surface area contributed by atoms with Crippen LogP contribution in [-0.2, 0) is 0 Å². The smallest absolute Gasteiger partial charge is 0.298 e. The molecule has 0 saturated carbocycles. The van der Waals surface area contributed by atoms with Crippen molar-refractivity contribution in [3.05, 3.63) is 69.8 Å². The minimum Gasteiger partial charge on any atom is -0.490 e. The van der Waals surface area contributed by atoms with Crippen LogP contribution in [0.25, 0.3) is 16.0 Å². The average Bonchev–Trinajstić information content (AvgIpc) is 3.33. The number of anilines is 3. The first kappa shape index (κ1) is 22.6. The molecule has 0 bridgehead atoms. The number of aromatic nitrogens is 2. The van der Waals surface area contributed by atoms with Crippen LogP contribution >= 0.6 is 11.3 Å². The fourth-order valence-electron chi connectivity index (χ4n) is 4.79. The molecule has 6 rings (SSSR count). The topological polar surface area (TPSA) is 124 Å². The molecule has 0 spiro atoms. The van der Waals surface area contributed by atoms with Crippen LogP contribution in [0, 0.1) is 0 Å². The van der Waals surface area contributed by atoms with E-state index in [0.29, 0.717) is 35.0 Å². The largest absolute Gasteiger partial charge is 0.490 e. The number of nitrogen functional groups attached to an aromatic ring is 1. The average molecular weight is 502 g/mol. The number of benzene rings is 2. The predicted molar refractivity (Wildman–Crippen MR) is 145 cm³/mol. The molecule has 10 heteroatoms. The number of aliphatic imine (C=N–C) groups is 1. The van der Waals surface area contributed by atoms with Gasteiger partial charge in [0.1, 0.15) is 23.0 Å². The SMILES string of the molecule is NC(=NC1CCNCC1)c1cc2c(nc(N)c(=O)n2-c2ccc3c(c2)N(c2ccccc2)CCO3)s1. The van der Waals surface area contributed by atoms with Gasteiger partial charge in [-0.2, -0.15) is 0 Å². The van der Waals surface area contributed by atoms with Crippen LogP contribution in [0.15, 0.2) is 64.4 Å². The molecule has 0 atom stereocenters. The Kier molecular flexibility index (Phi) is 5.82. The number of thiophene rings is 1. The lowest BCUT2D eigenvalue weighted by atomic mass is 10.1. The van der Waals surface area contributed by atoms with Crippen LogP contribution in [0.1, 0.15) is 17.7 Å². The molecule has 0 radical (unpaired) electrons. The molecule has 2 aromatic carbocycles. The summed E-state index contributed by atoms with van der Waals surface area (Å²) in [5, 5.41) is 3.34. The van der Waals surface area contributed by atoms with Crippen molar-refractivity contribution < 1.29 is 4.74 Å². The molecule has 2 aliphatic heterocycles. The number of ether oxygens (including phenoxy) is 1. The molecule has 2 aliphatic rings. The van der Waals surface area contributed by atoms with Crippen molar-refractivity contribution in [3.8, 4) is 11.4 Å². The van der Waals surface area contributed by atoms with E-state index >= 15 is 0 Å². The molecule has 0 unspecified atom stereocenters. The molecule has 1 fully saturated rings. The van der Waals surface area contributed by atoms with Crippen molar-refractivity contribution in [3.63, 3.8) is 0 Å². The van der Waals surface area contributed by atoms with Gasteiger partial charge >= 0.3 is 0 Å². The standard InChI is InChI=1S/C26H27N7O2S/c27-23(30-16-8-10-29-11-9-16)22-15-20-25(36-22)31-24(28)26(34)33(20)18-6-7-21-19(14-18)32(12-13-35-21)17-4-2-1-3-5-17/h1-7,14-16,29H,8-13H2,(H2,27,30)(H2,28,31). The fraction of sp³-hybridized carbons (Fsp3) is 0.269. The third kappa shape index (κ3) is 4.08. The summed E-state index contributed by atoms with van der Waals surface area (Å²) < 4.78 is 7.52. The lowest BCUT2D eigenvalue weighted by Crippen LogP contribution is -2.31. The van der Waals surface area contributed by atoms with Gasteiger partial charge in [-0.05, 0) is 62.3 Å². The van der Waals surface area contributed by atoms with Gasteiger partial charge in [-0.15, -0.1) is 11.3 Å². The van der Waals surface area contributed by atoms with E-state index < -0.39 is 0 Å². The molecule has 0 aliphatic carbocycles. The highest BCUT2D eigenvalue weighted by molar-refractivity contribution is 7.20. The van der Waals surface area contributed by atoms with Crippen molar-refractivity contribution in [1.29, 1.82) is 0 Å². The lowest BCUT2D eigenvalue weighted by Gasteiger charge is -2.31. The van der Waals surface area contributed by atoms with Crippen molar-refractivity contribution in [2.45, 2.75) is 18.9 Å². The van der Waals surface area contributed by atoms with Gasteiger partial charge in [-0.3, -0.25) is 14.4 Å². The first-order valence-electron chi connectivity index (χ1n) is 12.0. The molecular weight excluding hydrogens is 474 g/mol. The van der Waals surface area contributed by atoms with E-state index in [1.54, 1.807) is 4.57 Å². The van der Waals surface area contributed by atoms with E-state index in [-0.39, 0.29) is 17.4 Å². The zero-order valence-electron chi connectivity index (χ0n) is 19.7. The molecule has 1 saturated heterocycles. The van der Waals surface area contributed by atoms with E-state index in [4.69, 9.17) is 21.2 Å². The van der Waals surface area contributed by atoms with Crippen molar-refractivity contribution in [1.82, 2.24) is 14.9 Å². The summed E-state index contributed by atoms with van der Waals surface area (Å²) in [6, 6.07) is 17.9. The molecule has 2 aromatic heterocycles. The Hall–Kier alpha value is -3.89. The molecule has 36 heavy (non-hydrogen) atoms. The van der Waals surface area contributed by atoms with Crippen LogP contribution in [0.3, 0.4) is 0 Å². The van der Waals surface area contributed by atoms with Crippen LogP contribution in [0.2, 0.25) is 0 Å². The van der Waals surface area contributed by atoms with E-state index in [1.165, 1.54) is 11.3 Å². The second kappa shape index (κ2) is 9.29. The number of para-hydroxylation sites is 1. The van der Waals surface area contributed by atoms with E-state index in [2.05, 4.69) is 27.3 Å². The summed E-state index contributed by atoms with van der Waals surface area (Å²) in [4.78, 5) is 26.0. The summed E-state index contributed by atoms with van der Waals surface area (Å²) in [5.74, 6) is 1.18. The van der Waals surface area contributed by atoms with Gasteiger partial charge in [-0.1, -0.05) is 18.2 Å². The van der Waals surface area contributed by atoms with Crippen molar-refractivity contribution >= 4 is 44.7 Å². The van der Waals surface area contributed by atoms with Gasteiger partial charge in [0, 0.05) is 5.69 Å². The Labute approximate surface area is 212 Å². The third-order valence-electron chi connectivity index (χ3n) is 6.59. The minimum atomic E-state index is -0.372. The van der Waals surface area contributed by atoms with Gasteiger partial charge in [0.2, 0.25) is 0 Å². The molecule has 184 valence electrons. The quantitative estimate of drug-likeness (QED) is 0.290. The Morgan fingerprint density at radius 2 is 1.92 bits per heavy atom. The Balaban J connectivity index is 1.46.